The van der Waals surface area contributed by atoms with Gasteiger partial charge in [0.15, 0.2) is 5.76 Å². The number of para-hydroxylation sites is 1. The molecular weight excluding hydrogens is 441 g/mol. The Morgan fingerprint density at radius 1 is 1.12 bits per heavy atom. The zero-order chi connectivity index (χ0) is 22.8. The fourth-order valence-corrected chi connectivity index (χ4v) is 5.00. The lowest BCUT2D eigenvalue weighted by atomic mass is 9.97. The first-order valence-corrected chi connectivity index (χ1v) is 11.7. The molecule has 0 spiro atoms. The van der Waals surface area contributed by atoms with Crippen molar-refractivity contribution in [1.82, 2.24) is 15.2 Å². The molecule has 0 atom stereocenters. The second kappa shape index (κ2) is 9.15. The van der Waals surface area contributed by atoms with Crippen LogP contribution >= 0.6 is 11.3 Å². The van der Waals surface area contributed by atoms with Crippen LogP contribution in [-0.2, 0) is 6.54 Å². The Bertz CT molecular complexity index is 1260. The number of halogens is 1. The van der Waals surface area contributed by atoms with E-state index in [0.29, 0.717) is 36.7 Å². The molecule has 6 nitrogen and oxygen atoms in total. The molecule has 0 bridgehead atoms. The molecule has 1 aliphatic heterocycles. The van der Waals surface area contributed by atoms with E-state index >= 15 is 0 Å². The molecule has 2 aromatic carbocycles. The molecule has 5 rings (SSSR count). The number of aromatic nitrogens is 1. The van der Waals surface area contributed by atoms with Crippen LogP contribution in [-0.4, -0.2) is 34.8 Å². The van der Waals surface area contributed by atoms with E-state index in [1.807, 2.05) is 29.2 Å². The molecule has 1 saturated heterocycles. The molecule has 3 heterocycles. The van der Waals surface area contributed by atoms with Gasteiger partial charge in [-0.05, 0) is 42.7 Å². The number of furan rings is 1. The molecule has 0 unspecified atom stereocenters. The molecule has 4 aromatic rings. The van der Waals surface area contributed by atoms with E-state index in [1.54, 1.807) is 23.6 Å². The summed E-state index contributed by atoms with van der Waals surface area (Å²) in [5.41, 5.74) is 1.92. The van der Waals surface area contributed by atoms with E-state index in [4.69, 9.17) is 4.42 Å². The Balaban J connectivity index is 1.16. The lowest BCUT2D eigenvalue weighted by Crippen LogP contribution is -2.37. The number of carbonyl (C=O) groups is 2. The van der Waals surface area contributed by atoms with Crippen LogP contribution in [0.5, 0.6) is 0 Å². The Hall–Kier alpha value is -3.52. The lowest BCUT2D eigenvalue weighted by Gasteiger charge is -2.30. The highest BCUT2D eigenvalue weighted by Gasteiger charge is 2.28. The molecule has 33 heavy (non-hydrogen) atoms. The van der Waals surface area contributed by atoms with Gasteiger partial charge in [0.1, 0.15) is 17.1 Å². The molecule has 168 valence electrons. The molecule has 8 heteroatoms. The van der Waals surface area contributed by atoms with Crippen LogP contribution in [0.25, 0.3) is 11.0 Å². The smallest absolute Gasteiger partial charge is 0.289 e. The molecule has 0 aliphatic carbocycles. The van der Waals surface area contributed by atoms with E-state index in [-0.39, 0.29) is 23.5 Å². The number of hydrogen-bond donors (Lipinski definition) is 1. The van der Waals surface area contributed by atoms with Crippen LogP contribution < -0.4 is 5.32 Å². The molecule has 1 aliphatic rings. The Labute approximate surface area is 194 Å². The van der Waals surface area contributed by atoms with E-state index in [1.165, 1.54) is 23.5 Å². The Morgan fingerprint density at radius 2 is 1.88 bits per heavy atom. The van der Waals surface area contributed by atoms with Crippen molar-refractivity contribution in [2.24, 2.45) is 0 Å². The number of carbonyl (C=O) groups excluding carboxylic acids is 2. The van der Waals surface area contributed by atoms with Gasteiger partial charge < -0.3 is 14.6 Å². The average molecular weight is 464 g/mol. The third-order valence-electron chi connectivity index (χ3n) is 5.89. The van der Waals surface area contributed by atoms with Crippen LogP contribution in [0.15, 0.2) is 64.4 Å². The summed E-state index contributed by atoms with van der Waals surface area (Å²) in [6.45, 7) is 1.55. The number of likely N-dealkylation sites (tertiary alicyclic amines) is 1. The molecule has 2 aromatic heterocycles. The van der Waals surface area contributed by atoms with Crippen molar-refractivity contribution in [2.45, 2.75) is 25.3 Å². The first-order valence-electron chi connectivity index (χ1n) is 10.8. The third kappa shape index (κ3) is 4.66. The number of fused-ring (bicyclic) bond motifs is 1. The summed E-state index contributed by atoms with van der Waals surface area (Å²) < 4.78 is 18.7. The Kier molecular flexibility index (Phi) is 5.92. The van der Waals surface area contributed by atoms with Gasteiger partial charge in [0.05, 0.1) is 5.01 Å². The van der Waals surface area contributed by atoms with Gasteiger partial charge in [-0.15, -0.1) is 11.3 Å². The maximum atomic E-state index is 13.0. The minimum absolute atomic E-state index is 0.0929. The largest absolute Gasteiger partial charge is 0.451 e. The van der Waals surface area contributed by atoms with E-state index in [9.17, 15) is 14.0 Å². The molecular formula is C25H22FN3O3S. The van der Waals surface area contributed by atoms with Crippen LogP contribution in [0.3, 0.4) is 0 Å². The van der Waals surface area contributed by atoms with Crippen molar-refractivity contribution >= 4 is 34.1 Å². The monoisotopic (exact) mass is 463 g/mol. The quantitative estimate of drug-likeness (QED) is 0.453. The molecule has 1 fully saturated rings. The minimum atomic E-state index is -0.306. The van der Waals surface area contributed by atoms with E-state index < -0.39 is 0 Å². The SMILES string of the molecule is O=C(NCc1ccc(F)cc1)c1csc(C2CCN(C(=O)c3cc4ccccc4o3)CC2)n1. The zero-order valence-corrected chi connectivity index (χ0v) is 18.6. The molecule has 0 saturated carbocycles. The van der Waals surface area contributed by atoms with Gasteiger partial charge in [-0.3, -0.25) is 9.59 Å². The van der Waals surface area contributed by atoms with Gasteiger partial charge in [-0.2, -0.15) is 0 Å². The number of piperidine rings is 1. The summed E-state index contributed by atoms with van der Waals surface area (Å²) in [5, 5.41) is 6.42. The summed E-state index contributed by atoms with van der Waals surface area (Å²) >= 11 is 1.47. The van der Waals surface area contributed by atoms with E-state index in [0.717, 1.165) is 28.8 Å². The van der Waals surface area contributed by atoms with Crippen molar-refractivity contribution in [1.29, 1.82) is 0 Å². The second-order valence-electron chi connectivity index (χ2n) is 8.10. The number of nitrogens with one attached hydrogen (secondary N) is 1. The number of rotatable bonds is 5. The normalized spacial score (nSPS) is 14.5. The van der Waals surface area contributed by atoms with Crippen molar-refractivity contribution in [3.63, 3.8) is 0 Å². The highest BCUT2D eigenvalue weighted by atomic mass is 32.1. The fourth-order valence-electron chi connectivity index (χ4n) is 4.03. The zero-order valence-electron chi connectivity index (χ0n) is 17.8. The summed E-state index contributed by atoms with van der Waals surface area (Å²) in [6, 6.07) is 15.4. The number of nitrogens with zero attached hydrogens (tertiary/aromatic N) is 2. The maximum absolute atomic E-state index is 13.0. The molecule has 0 radical (unpaired) electrons. The standard InChI is InChI=1S/C25H22FN3O3S/c26-19-7-5-16(6-8-19)14-27-23(30)20-15-33-24(28-20)17-9-11-29(12-10-17)25(31)22-13-18-3-1-2-4-21(18)32-22/h1-8,13,15,17H,9-12,14H2,(H,27,30). The lowest BCUT2D eigenvalue weighted by molar-refractivity contribution is 0.0683. The van der Waals surface area contributed by atoms with Gasteiger partial charge >= 0.3 is 0 Å². The highest BCUT2D eigenvalue weighted by molar-refractivity contribution is 7.09. The summed E-state index contributed by atoms with van der Waals surface area (Å²) in [6.07, 6.45) is 1.58. The van der Waals surface area contributed by atoms with Crippen LogP contribution in [0.4, 0.5) is 4.39 Å². The van der Waals surface area contributed by atoms with Crippen LogP contribution in [0.1, 0.15) is 50.4 Å². The van der Waals surface area contributed by atoms with E-state index in [2.05, 4.69) is 10.3 Å². The predicted octanol–water partition coefficient (Wildman–Crippen LogP) is 4.98. The first kappa shape index (κ1) is 21.3. The first-order chi connectivity index (χ1) is 16.1. The number of hydrogen-bond acceptors (Lipinski definition) is 5. The highest BCUT2D eigenvalue weighted by Crippen LogP contribution is 2.31. The van der Waals surface area contributed by atoms with Gasteiger partial charge in [-0.1, -0.05) is 30.3 Å². The Morgan fingerprint density at radius 3 is 2.64 bits per heavy atom. The second-order valence-corrected chi connectivity index (χ2v) is 8.98. The van der Waals surface area contributed by atoms with Crippen molar-refractivity contribution in [3.05, 3.63) is 87.8 Å². The van der Waals surface area contributed by atoms with Crippen molar-refractivity contribution in [3.8, 4) is 0 Å². The average Bonchev–Trinajstić information content (AvgIpc) is 3.51. The minimum Gasteiger partial charge on any atom is -0.451 e. The van der Waals surface area contributed by atoms with Crippen LogP contribution in [0, 0.1) is 5.82 Å². The van der Waals surface area contributed by atoms with Crippen LogP contribution in [0.2, 0.25) is 0 Å². The van der Waals surface area contributed by atoms with Crippen molar-refractivity contribution in [2.75, 3.05) is 13.1 Å². The molecule has 1 N–H and O–H groups in total. The maximum Gasteiger partial charge on any atom is 0.289 e. The van der Waals surface area contributed by atoms with Crippen molar-refractivity contribution < 1.29 is 18.4 Å². The summed E-state index contributed by atoms with van der Waals surface area (Å²) in [5.74, 6) is -0.0686. The topological polar surface area (TPSA) is 75.4 Å². The number of benzene rings is 2. The van der Waals surface area contributed by atoms with Gasteiger partial charge in [0.25, 0.3) is 11.8 Å². The fraction of sp³-hybridized carbons (Fsp3) is 0.240. The number of thiazole rings is 1. The third-order valence-corrected chi connectivity index (χ3v) is 6.90. The van der Waals surface area contributed by atoms with Gasteiger partial charge in [0, 0.05) is 36.3 Å². The van der Waals surface area contributed by atoms with Gasteiger partial charge in [0.2, 0.25) is 0 Å². The summed E-state index contributed by atoms with van der Waals surface area (Å²) in [4.78, 5) is 31.7. The number of amides is 2. The summed E-state index contributed by atoms with van der Waals surface area (Å²) in [7, 11) is 0. The van der Waals surface area contributed by atoms with Gasteiger partial charge in [-0.25, -0.2) is 9.37 Å². The molecule has 2 amide bonds. The predicted molar refractivity (Wildman–Crippen MR) is 124 cm³/mol.